The summed E-state index contributed by atoms with van der Waals surface area (Å²) in [5.74, 6) is 0. The van der Waals surface area contributed by atoms with E-state index in [1.54, 1.807) is 6.07 Å². The molecule has 102 valence electrons. The third-order valence-corrected chi connectivity index (χ3v) is 4.02. The summed E-state index contributed by atoms with van der Waals surface area (Å²) in [5, 5.41) is 0. The molecule has 8 heteroatoms. The summed E-state index contributed by atoms with van der Waals surface area (Å²) in [6, 6.07) is 2.98. The molecule has 0 spiro atoms. The zero-order valence-electron chi connectivity index (χ0n) is 10.0. The number of hydrogen-bond acceptors (Lipinski definition) is 5. The van der Waals surface area contributed by atoms with Gasteiger partial charge in [-0.1, -0.05) is 0 Å². The molecule has 1 fully saturated rings. The Labute approximate surface area is 109 Å². The largest absolute Gasteiger partial charge is 0.378 e. The minimum Gasteiger partial charge on any atom is -0.378 e. The van der Waals surface area contributed by atoms with Gasteiger partial charge in [-0.25, -0.2) is 4.98 Å². The number of ether oxygens (including phenoxy) is 1. The molecule has 1 aromatic heterocycles. The minimum absolute atomic E-state index is 0.117. The monoisotopic (exact) mass is 283 g/mol. The van der Waals surface area contributed by atoms with Crippen molar-refractivity contribution in [2.24, 2.45) is 0 Å². The molecule has 7 nitrogen and oxygen atoms in total. The summed E-state index contributed by atoms with van der Waals surface area (Å²) in [6.45, 7) is 2.17. The van der Waals surface area contributed by atoms with Crippen LogP contribution >= 0.6 is 0 Å². The molecule has 1 saturated heterocycles. The number of benzene rings is 1. The zero-order valence-corrected chi connectivity index (χ0v) is 10.9. The number of H-pyrrole nitrogens is 1. The van der Waals surface area contributed by atoms with Crippen LogP contribution in [0.1, 0.15) is 0 Å². The molecular weight excluding hydrogens is 270 g/mol. The molecule has 0 radical (unpaired) electrons. The van der Waals surface area contributed by atoms with Crippen LogP contribution < -0.4 is 4.90 Å². The van der Waals surface area contributed by atoms with Crippen molar-refractivity contribution in [3.8, 4) is 0 Å². The average molecular weight is 283 g/mol. The van der Waals surface area contributed by atoms with Gasteiger partial charge in [0, 0.05) is 13.1 Å². The smallest absolute Gasteiger partial charge is 0.296 e. The van der Waals surface area contributed by atoms with Gasteiger partial charge in [0.1, 0.15) is 10.4 Å². The molecule has 0 aliphatic carbocycles. The minimum atomic E-state index is -4.29. The first-order chi connectivity index (χ1) is 9.07. The number of nitrogens with one attached hydrogen (secondary N) is 1. The molecule has 0 atom stereocenters. The quantitative estimate of drug-likeness (QED) is 0.786. The van der Waals surface area contributed by atoms with E-state index in [9.17, 15) is 13.0 Å². The van der Waals surface area contributed by atoms with Crippen molar-refractivity contribution >= 4 is 26.8 Å². The fraction of sp³-hybridized carbons (Fsp3) is 0.364. The molecule has 1 aliphatic rings. The van der Waals surface area contributed by atoms with E-state index in [2.05, 4.69) is 9.97 Å². The van der Waals surface area contributed by atoms with Gasteiger partial charge in [-0.2, -0.15) is 8.42 Å². The van der Waals surface area contributed by atoms with Crippen molar-refractivity contribution < 1.29 is 17.7 Å². The highest BCUT2D eigenvalue weighted by Gasteiger charge is 2.25. The number of hydrogen-bond donors (Lipinski definition) is 2. The fourth-order valence-corrected chi connectivity index (χ4v) is 2.99. The van der Waals surface area contributed by atoms with Gasteiger partial charge in [0.15, 0.2) is 0 Å². The van der Waals surface area contributed by atoms with Crippen molar-refractivity contribution in [1.82, 2.24) is 9.97 Å². The first-order valence-corrected chi connectivity index (χ1v) is 7.27. The van der Waals surface area contributed by atoms with E-state index in [0.29, 0.717) is 37.5 Å². The van der Waals surface area contributed by atoms with Gasteiger partial charge in [0.25, 0.3) is 10.1 Å². The van der Waals surface area contributed by atoms with Crippen LogP contribution in [0.2, 0.25) is 0 Å². The summed E-state index contributed by atoms with van der Waals surface area (Å²) in [5.41, 5.74) is 1.70. The van der Waals surface area contributed by atoms with E-state index >= 15 is 0 Å². The van der Waals surface area contributed by atoms with Crippen LogP contribution in [-0.4, -0.2) is 49.2 Å². The van der Waals surface area contributed by atoms with Gasteiger partial charge in [0.05, 0.1) is 30.7 Å². The van der Waals surface area contributed by atoms with Crippen LogP contribution in [0, 0.1) is 0 Å². The topological polar surface area (TPSA) is 95.5 Å². The first-order valence-electron chi connectivity index (χ1n) is 5.83. The lowest BCUT2D eigenvalue weighted by Crippen LogP contribution is -2.37. The van der Waals surface area contributed by atoms with E-state index < -0.39 is 10.1 Å². The second kappa shape index (κ2) is 4.48. The molecule has 0 bridgehead atoms. The third-order valence-electron chi connectivity index (χ3n) is 3.13. The Morgan fingerprint density at radius 3 is 2.74 bits per heavy atom. The number of morpholine rings is 1. The molecule has 0 amide bonds. The van der Waals surface area contributed by atoms with Crippen LogP contribution in [0.5, 0.6) is 0 Å². The molecular formula is C11H13N3O4S. The summed E-state index contributed by atoms with van der Waals surface area (Å²) >= 11 is 0. The molecule has 1 aromatic carbocycles. The Bertz CT molecular complexity index is 704. The van der Waals surface area contributed by atoms with Gasteiger partial charge >= 0.3 is 0 Å². The molecule has 19 heavy (non-hydrogen) atoms. The Balaban J connectivity index is 2.25. The molecule has 2 aromatic rings. The number of anilines is 1. The Kier molecular flexibility index (Phi) is 2.92. The second-order valence-corrected chi connectivity index (χ2v) is 5.68. The Hall–Kier alpha value is -1.64. The molecule has 2 heterocycles. The predicted octanol–water partition coefficient (Wildman–Crippen LogP) is 0.646. The Morgan fingerprint density at radius 1 is 1.32 bits per heavy atom. The van der Waals surface area contributed by atoms with Crippen molar-refractivity contribution in [2.75, 3.05) is 31.2 Å². The summed E-state index contributed by atoms with van der Waals surface area (Å²) in [6.07, 6.45) is 1.50. The molecule has 3 rings (SSSR count). The van der Waals surface area contributed by atoms with E-state index in [-0.39, 0.29) is 4.90 Å². The lowest BCUT2D eigenvalue weighted by molar-refractivity contribution is 0.122. The molecule has 0 unspecified atom stereocenters. The SMILES string of the molecule is O=S(=O)(O)c1ccc2[nH]cnc2c1N1CCOCC1. The van der Waals surface area contributed by atoms with Crippen LogP contribution in [0.25, 0.3) is 11.0 Å². The van der Waals surface area contributed by atoms with Crippen LogP contribution in [0.15, 0.2) is 23.4 Å². The van der Waals surface area contributed by atoms with Crippen molar-refractivity contribution in [1.29, 1.82) is 0 Å². The van der Waals surface area contributed by atoms with Crippen molar-refractivity contribution in [3.63, 3.8) is 0 Å². The lowest BCUT2D eigenvalue weighted by Gasteiger charge is -2.30. The van der Waals surface area contributed by atoms with Gasteiger partial charge in [-0.05, 0) is 12.1 Å². The highest BCUT2D eigenvalue weighted by molar-refractivity contribution is 7.86. The number of aromatic amines is 1. The van der Waals surface area contributed by atoms with Gasteiger partial charge in [-0.15, -0.1) is 0 Å². The van der Waals surface area contributed by atoms with Gasteiger partial charge < -0.3 is 14.6 Å². The maximum Gasteiger partial charge on any atom is 0.296 e. The fourth-order valence-electron chi connectivity index (χ4n) is 2.28. The Morgan fingerprint density at radius 2 is 2.05 bits per heavy atom. The van der Waals surface area contributed by atoms with Gasteiger partial charge in [0.2, 0.25) is 0 Å². The van der Waals surface area contributed by atoms with E-state index in [4.69, 9.17) is 4.74 Å². The standard InChI is InChI=1S/C11H13N3O4S/c15-19(16,17)9-2-1-8-10(13-7-12-8)11(9)14-3-5-18-6-4-14/h1-2,7H,3-6H2,(H,12,13)(H,15,16,17). The first kappa shape index (κ1) is 12.4. The van der Waals surface area contributed by atoms with Crippen LogP contribution in [-0.2, 0) is 14.9 Å². The number of fused-ring (bicyclic) bond motifs is 1. The van der Waals surface area contributed by atoms with Gasteiger partial charge in [-0.3, -0.25) is 4.55 Å². The lowest BCUT2D eigenvalue weighted by atomic mass is 10.2. The molecule has 1 aliphatic heterocycles. The molecule has 0 saturated carbocycles. The highest BCUT2D eigenvalue weighted by Crippen LogP contribution is 2.32. The maximum atomic E-state index is 11.5. The van der Waals surface area contributed by atoms with Crippen LogP contribution in [0.3, 0.4) is 0 Å². The zero-order chi connectivity index (χ0) is 13.5. The number of nitrogens with zero attached hydrogens (tertiary/aromatic N) is 2. The highest BCUT2D eigenvalue weighted by atomic mass is 32.2. The predicted molar refractivity (Wildman–Crippen MR) is 68.9 cm³/mol. The third kappa shape index (κ3) is 2.18. The van der Waals surface area contributed by atoms with E-state index in [1.165, 1.54) is 12.4 Å². The summed E-state index contributed by atoms with van der Waals surface area (Å²) in [4.78, 5) is 8.84. The normalized spacial score (nSPS) is 17.0. The van der Waals surface area contributed by atoms with E-state index in [0.717, 1.165) is 5.52 Å². The van der Waals surface area contributed by atoms with Crippen molar-refractivity contribution in [2.45, 2.75) is 4.90 Å². The maximum absolute atomic E-state index is 11.5. The van der Waals surface area contributed by atoms with Crippen molar-refractivity contribution in [3.05, 3.63) is 18.5 Å². The number of imidazole rings is 1. The van der Waals surface area contributed by atoms with E-state index in [1.807, 2.05) is 4.90 Å². The number of rotatable bonds is 2. The average Bonchev–Trinajstić information content (AvgIpc) is 2.85. The summed E-state index contributed by atoms with van der Waals surface area (Å²) < 4.78 is 37.7. The molecule has 2 N–H and O–H groups in total. The second-order valence-electron chi connectivity index (χ2n) is 4.29. The van der Waals surface area contributed by atoms with Crippen LogP contribution in [0.4, 0.5) is 5.69 Å². The summed E-state index contributed by atoms with van der Waals surface area (Å²) in [7, 11) is -4.29. The number of aromatic nitrogens is 2.